The van der Waals surface area contributed by atoms with Crippen LogP contribution in [-0.2, 0) is 0 Å². The van der Waals surface area contributed by atoms with Crippen LogP contribution >= 0.6 is 0 Å². The van der Waals surface area contributed by atoms with E-state index < -0.39 is 5.91 Å². The Hall–Kier alpha value is -3.21. The van der Waals surface area contributed by atoms with Gasteiger partial charge < -0.3 is 9.73 Å². The quantitative estimate of drug-likeness (QED) is 0.728. The van der Waals surface area contributed by atoms with Crippen LogP contribution in [0.4, 0.5) is 5.69 Å². The largest absolute Gasteiger partial charge is 0.438 e. The molecule has 2 N–H and O–H groups in total. The first-order valence-corrected chi connectivity index (χ1v) is 7.04. The Kier molecular flexibility index (Phi) is 3.76. The SMILES string of the molecule is CC(=O)c1cccc(NC(=O)c2cc3ccccc3oc2=N)c1. The topological polar surface area (TPSA) is 83.2 Å². The first kappa shape index (κ1) is 14.7. The molecule has 114 valence electrons. The second-order valence-electron chi connectivity index (χ2n) is 5.12. The van der Waals surface area contributed by atoms with Crippen molar-refractivity contribution in [3.63, 3.8) is 0 Å². The molecule has 5 nitrogen and oxygen atoms in total. The van der Waals surface area contributed by atoms with Crippen LogP contribution in [-0.4, -0.2) is 11.7 Å². The smallest absolute Gasteiger partial charge is 0.261 e. The number of nitrogens with one attached hydrogen (secondary N) is 2. The number of para-hydroxylation sites is 1. The molecule has 5 heteroatoms. The van der Waals surface area contributed by atoms with E-state index in [1.807, 2.05) is 12.1 Å². The summed E-state index contributed by atoms with van der Waals surface area (Å²) in [7, 11) is 0. The number of benzene rings is 2. The van der Waals surface area contributed by atoms with Crippen LogP contribution in [0.2, 0.25) is 0 Å². The summed E-state index contributed by atoms with van der Waals surface area (Å²) in [5.41, 5.74) is 1.49. The molecule has 0 saturated heterocycles. The van der Waals surface area contributed by atoms with Crippen molar-refractivity contribution in [1.82, 2.24) is 0 Å². The van der Waals surface area contributed by atoms with Gasteiger partial charge in [0.15, 0.2) is 5.78 Å². The molecule has 1 amide bonds. The van der Waals surface area contributed by atoms with Crippen molar-refractivity contribution in [3.8, 4) is 0 Å². The molecule has 0 unspecified atom stereocenters. The third kappa shape index (κ3) is 3.03. The second-order valence-corrected chi connectivity index (χ2v) is 5.12. The molecule has 0 aliphatic rings. The molecule has 0 aliphatic carbocycles. The van der Waals surface area contributed by atoms with E-state index in [9.17, 15) is 9.59 Å². The lowest BCUT2D eigenvalue weighted by molar-refractivity contribution is 0.100. The highest BCUT2D eigenvalue weighted by molar-refractivity contribution is 6.06. The third-order valence-electron chi connectivity index (χ3n) is 3.45. The van der Waals surface area contributed by atoms with Crippen molar-refractivity contribution in [2.45, 2.75) is 6.92 Å². The normalized spacial score (nSPS) is 10.5. The molecule has 0 aliphatic heterocycles. The molecule has 0 fully saturated rings. The van der Waals surface area contributed by atoms with Crippen molar-refractivity contribution in [1.29, 1.82) is 5.41 Å². The second kappa shape index (κ2) is 5.88. The Morgan fingerprint density at radius 2 is 1.83 bits per heavy atom. The zero-order valence-electron chi connectivity index (χ0n) is 12.4. The summed E-state index contributed by atoms with van der Waals surface area (Å²) in [6.45, 7) is 1.46. The zero-order chi connectivity index (χ0) is 16.4. The predicted molar refractivity (Wildman–Crippen MR) is 86.5 cm³/mol. The maximum atomic E-state index is 12.4. The van der Waals surface area contributed by atoms with Crippen molar-refractivity contribution >= 4 is 28.3 Å². The summed E-state index contributed by atoms with van der Waals surface area (Å²) in [5, 5.41) is 11.3. The van der Waals surface area contributed by atoms with Gasteiger partial charge in [0.25, 0.3) is 5.91 Å². The van der Waals surface area contributed by atoms with Gasteiger partial charge >= 0.3 is 0 Å². The summed E-state index contributed by atoms with van der Waals surface area (Å²) in [6, 6.07) is 15.5. The monoisotopic (exact) mass is 306 g/mol. The van der Waals surface area contributed by atoms with Crippen molar-refractivity contribution in [3.05, 3.63) is 71.3 Å². The first-order valence-electron chi connectivity index (χ1n) is 7.04. The van der Waals surface area contributed by atoms with Crippen molar-refractivity contribution < 1.29 is 14.0 Å². The molecule has 2 aromatic carbocycles. The van der Waals surface area contributed by atoms with Gasteiger partial charge in [0.2, 0.25) is 5.55 Å². The summed E-state index contributed by atoms with van der Waals surface area (Å²) in [5.74, 6) is -0.534. The van der Waals surface area contributed by atoms with E-state index in [1.54, 1.807) is 42.5 Å². The number of hydrogen-bond donors (Lipinski definition) is 2. The van der Waals surface area contributed by atoms with Crippen LogP contribution in [0.1, 0.15) is 27.6 Å². The van der Waals surface area contributed by atoms with Gasteiger partial charge in [0.1, 0.15) is 11.1 Å². The molecule has 0 atom stereocenters. The van der Waals surface area contributed by atoms with E-state index in [1.165, 1.54) is 6.92 Å². The predicted octanol–water partition coefficient (Wildman–Crippen LogP) is 3.37. The molecule has 1 heterocycles. The van der Waals surface area contributed by atoms with Gasteiger partial charge in [0, 0.05) is 16.6 Å². The fourth-order valence-electron chi connectivity index (χ4n) is 2.26. The van der Waals surface area contributed by atoms with Gasteiger partial charge in [-0.05, 0) is 31.2 Å². The van der Waals surface area contributed by atoms with Crippen LogP contribution in [0.5, 0.6) is 0 Å². The minimum absolute atomic E-state index is 0.0806. The Morgan fingerprint density at radius 3 is 2.61 bits per heavy atom. The van der Waals surface area contributed by atoms with Gasteiger partial charge in [0.05, 0.1) is 0 Å². The van der Waals surface area contributed by atoms with Gasteiger partial charge in [-0.15, -0.1) is 0 Å². The van der Waals surface area contributed by atoms with Gasteiger partial charge in [-0.3, -0.25) is 15.0 Å². The molecule has 1 aromatic heterocycles. The van der Waals surface area contributed by atoms with Crippen LogP contribution in [0.3, 0.4) is 0 Å². The Balaban J connectivity index is 1.94. The summed E-state index contributed by atoms with van der Waals surface area (Å²) < 4.78 is 5.37. The lowest BCUT2D eigenvalue weighted by Crippen LogP contribution is -2.20. The molecule has 0 radical (unpaired) electrons. The number of carbonyl (C=O) groups excluding carboxylic acids is 2. The standard InChI is InChI=1S/C18H14N2O3/c1-11(21)12-6-4-7-14(9-12)20-18(22)15-10-13-5-2-3-8-16(13)23-17(15)19/h2-10,19H,1H3,(H,20,22). The van der Waals surface area contributed by atoms with Crippen LogP contribution in [0.25, 0.3) is 11.0 Å². The van der Waals surface area contributed by atoms with Crippen LogP contribution in [0.15, 0.2) is 59.0 Å². The van der Waals surface area contributed by atoms with Crippen molar-refractivity contribution in [2.75, 3.05) is 5.32 Å². The van der Waals surface area contributed by atoms with E-state index in [4.69, 9.17) is 9.83 Å². The van der Waals surface area contributed by atoms with Gasteiger partial charge in [-0.2, -0.15) is 0 Å². The molecule has 0 saturated carbocycles. The molecular weight excluding hydrogens is 292 g/mol. The van der Waals surface area contributed by atoms with E-state index in [0.717, 1.165) is 5.39 Å². The fraction of sp³-hybridized carbons (Fsp3) is 0.0556. The summed E-state index contributed by atoms with van der Waals surface area (Å²) in [6.07, 6.45) is 0. The molecule has 0 bridgehead atoms. The van der Waals surface area contributed by atoms with E-state index in [0.29, 0.717) is 16.8 Å². The number of anilines is 1. The highest BCUT2D eigenvalue weighted by Crippen LogP contribution is 2.15. The molecule has 3 aromatic rings. The Labute approximate surface area is 132 Å². The maximum absolute atomic E-state index is 12.4. The van der Waals surface area contributed by atoms with E-state index in [2.05, 4.69) is 5.32 Å². The number of ketones is 1. The average Bonchev–Trinajstić information content (AvgIpc) is 2.54. The number of carbonyl (C=O) groups is 2. The lowest BCUT2D eigenvalue weighted by Gasteiger charge is -2.07. The minimum Gasteiger partial charge on any atom is -0.438 e. The highest BCUT2D eigenvalue weighted by atomic mass is 16.3. The highest BCUT2D eigenvalue weighted by Gasteiger charge is 2.12. The van der Waals surface area contributed by atoms with Crippen LogP contribution in [0, 0.1) is 5.41 Å². The fourth-order valence-corrected chi connectivity index (χ4v) is 2.26. The number of amides is 1. The summed E-state index contributed by atoms with van der Waals surface area (Å²) >= 11 is 0. The van der Waals surface area contributed by atoms with Gasteiger partial charge in [-0.1, -0.05) is 30.3 Å². The number of Topliss-reactive ketones (excluding diaryl/α,β-unsaturated/α-hetero) is 1. The van der Waals surface area contributed by atoms with E-state index >= 15 is 0 Å². The maximum Gasteiger partial charge on any atom is 0.261 e. The van der Waals surface area contributed by atoms with Crippen LogP contribution < -0.4 is 10.9 Å². The third-order valence-corrected chi connectivity index (χ3v) is 3.45. The molecule has 3 rings (SSSR count). The molecule has 0 spiro atoms. The minimum atomic E-state index is -0.454. The number of hydrogen-bond acceptors (Lipinski definition) is 4. The molecule has 23 heavy (non-hydrogen) atoms. The average molecular weight is 306 g/mol. The van der Waals surface area contributed by atoms with E-state index in [-0.39, 0.29) is 16.9 Å². The number of rotatable bonds is 3. The first-order chi connectivity index (χ1) is 11.0. The summed E-state index contributed by atoms with van der Waals surface area (Å²) in [4.78, 5) is 23.8. The van der Waals surface area contributed by atoms with Crippen molar-refractivity contribution in [2.24, 2.45) is 0 Å². The zero-order valence-corrected chi connectivity index (χ0v) is 12.4. The number of fused-ring (bicyclic) bond motifs is 1. The molecular formula is C18H14N2O3. The Morgan fingerprint density at radius 1 is 1.04 bits per heavy atom. The lowest BCUT2D eigenvalue weighted by atomic mass is 10.1. The van der Waals surface area contributed by atoms with Gasteiger partial charge in [-0.25, -0.2) is 0 Å². The Bertz CT molecular complexity index is 973.